The van der Waals surface area contributed by atoms with Crippen LogP contribution in [0.25, 0.3) is 0 Å². The highest BCUT2D eigenvalue weighted by molar-refractivity contribution is 7.57. The number of hydrogen-bond donors (Lipinski definition) is 3. The van der Waals surface area contributed by atoms with Crippen LogP contribution in [0.15, 0.2) is 46.0 Å². The van der Waals surface area contributed by atoms with Crippen molar-refractivity contribution in [1.29, 1.82) is 0 Å². The Labute approximate surface area is 115 Å². The summed E-state index contributed by atoms with van der Waals surface area (Å²) in [5, 5.41) is 0. The van der Waals surface area contributed by atoms with Gasteiger partial charge in [0.15, 0.2) is 0 Å². The Morgan fingerprint density at radius 3 is 2.45 bits per heavy atom. The number of aromatic nitrogens is 2. The molecule has 20 heavy (non-hydrogen) atoms. The monoisotopic (exact) mass is 294 g/mol. The lowest BCUT2D eigenvalue weighted by Gasteiger charge is -2.11. The molecule has 106 valence electrons. The first kappa shape index (κ1) is 14.5. The van der Waals surface area contributed by atoms with E-state index >= 15 is 0 Å². The van der Waals surface area contributed by atoms with Crippen molar-refractivity contribution in [3.63, 3.8) is 0 Å². The smallest absolute Gasteiger partial charge is 0.325 e. The van der Waals surface area contributed by atoms with Crippen molar-refractivity contribution in [1.82, 2.24) is 9.97 Å². The largest absolute Gasteiger partial charge is 0.344 e. The van der Waals surface area contributed by atoms with E-state index in [0.29, 0.717) is 6.42 Å². The fourth-order valence-electron chi connectivity index (χ4n) is 1.90. The van der Waals surface area contributed by atoms with Crippen molar-refractivity contribution in [3.05, 3.63) is 68.5 Å². The van der Waals surface area contributed by atoms with E-state index in [0.717, 1.165) is 11.6 Å². The van der Waals surface area contributed by atoms with Gasteiger partial charge >= 0.3 is 5.69 Å². The summed E-state index contributed by atoms with van der Waals surface area (Å²) in [6.07, 6.45) is 0.368. The first-order valence-electron chi connectivity index (χ1n) is 6.12. The van der Waals surface area contributed by atoms with Crippen molar-refractivity contribution in [2.45, 2.75) is 12.6 Å². The fraction of sp³-hybridized carbons (Fsp3) is 0.231. The Balaban J connectivity index is 2.05. The summed E-state index contributed by atoms with van der Waals surface area (Å²) < 4.78 is 12.1. The molecule has 1 atom stereocenters. The molecule has 0 bridgehead atoms. The van der Waals surface area contributed by atoms with Gasteiger partial charge in [0.05, 0.1) is 6.16 Å². The minimum Gasteiger partial charge on any atom is -0.344 e. The van der Waals surface area contributed by atoms with E-state index in [1.54, 1.807) is 0 Å². The molecule has 0 aliphatic carbocycles. The quantitative estimate of drug-likeness (QED) is 0.718. The number of hydrogen-bond acceptors (Lipinski definition) is 3. The minimum atomic E-state index is -3.44. The highest BCUT2D eigenvalue weighted by Crippen LogP contribution is 2.44. The number of rotatable bonds is 5. The van der Waals surface area contributed by atoms with Gasteiger partial charge in [0, 0.05) is 17.9 Å². The van der Waals surface area contributed by atoms with E-state index in [1.807, 2.05) is 35.3 Å². The van der Waals surface area contributed by atoms with E-state index in [2.05, 4.69) is 4.98 Å². The van der Waals surface area contributed by atoms with Gasteiger partial charge in [-0.15, -0.1) is 0 Å². The van der Waals surface area contributed by atoms with Crippen LogP contribution in [0.2, 0.25) is 0 Å². The van der Waals surface area contributed by atoms with Crippen molar-refractivity contribution in [2.75, 3.05) is 6.16 Å². The Morgan fingerprint density at radius 1 is 1.10 bits per heavy atom. The number of nitrogens with one attached hydrogen (secondary N) is 2. The SMILES string of the molecule is O=c1cc(CP(=O)(O)CCc2ccccc2)[nH]c(=O)[nH]1. The van der Waals surface area contributed by atoms with E-state index in [9.17, 15) is 19.0 Å². The number of aromatic amines is 2. The summed E-state index contributed by atoms with van der Waals surface area (Å²) in [6.45, 7) is 0. The second-order valence-corrected chi connectivity index (χ2v) is 7.03. The standard InChI is InChI=1S/C13H15N2O4P/c16-12-8-11(14-13(17)15-12)9-20(18,19)7-6-10-4-2-1-3-5-10/h1-5,8H,6-7,9H2,(H,18,19)(H2,14,15,16,17). The molecular formula is C13H15N2O4P. The second kappa shape index (κ2) is 6.03. The van der Waals surface area contributed by atoms with Gasteiger partial charge in [-0.2, -0.15) is 0 Å². The maximum Gasteiger partial charge on any atom is 0.325 e. The average molecular weight is 294 g/mol. The van der Waals surface area contributed by atoms with Crippen LogP contribution in [0, 0.1) is 0 Å². The predicted molar refractivity (Wildman–Crippen MR) is 76.2 cm³/mol. The van der Waals surface area contributed by atoms with Gasteiger partial charge in [-0.05, 0) is 12.0 Å². The molecule has 6 nitrogen and oxygen atoms in total. The Kier molecular flexibility index (Phi) is 4.37. The van der Waals surface area contributed by atoms with Crippen LogP contribution in [0.1, 0.15) is 11.3 Å². The molecule has 1 aromatic heterocycles. The van der Waals surface area contributed by atoms with Crippen LogP contribution in [0.4, 0.5) is 0 Å². The van der Waals surface area contributed by atoms with Gasteiger partial charge < -0.3 is 9.88 Å². The van der Waals surface area contributed by atoms with Gasteiger partial charge in [-0.1, -0.05) is 30.3 Å². The molecule has 2 aromatic rings. The molecule has 3 N–H and O–H groups in total. The van der Waals surface area contributed by atoms with E-state index < -0.39 is 18.6 Å². The molecule has 0 saturated heterocycles. The molecule has 7 heteroatoms. The van der Waals surface area contributed by atoms with Crippen LogP contribution in [-0.4, -0.2) is 21.0 Å². The number of aryl methyl sites for hydroxylation is 1. The molecule has 0 saturated carbocycles. The molecule has 0 aliphatic heterocycles. The van der Waals surface area contributed by atoms with Gasteiger partial charge in [0.1, 0.15) is 0 Å². The minimum absolute atomic E-state index is 0.103. The molecule has 0 aliphatic rings. The van der Waals surface area contributed by atoms with Crippen molar-refractivity contribution < 1.29 is 9.46 Å². The zero-order valence-electron chi connectivity index (χ0n) is 10.7. The molecule has 0 spiro atoms. The van der Waals surface area contributed by atoms with Crippen LogP contribution >= 0.6 is 7.37 Å². The summed E-state index contributed by atoms with van der Waals surface area (Å²) >= 11 is 0. The Hall–Kier alpha value is -1.91. The summed E-state index contributed by atoms with van der Waals surface area (Å²) in [7, 11) is -3.44. The van der Waals surface area contributed by atoms with Crippen molar-refractivity contribution in [2.24, 2.45) is 0 Å². The zero-order chi connectivity index (χ0) is 14.6. The van der Waals surface area contributed by atoms with E-state index in [-0.39, 0.29) is 18.0 Å². The van der Waals surface area contributed by atoms with E-state index in [4.69, 9.17) is 0 Å². The topological polar surface area (TPSA) is 103 Å². The van der Waals surface area contributed by atoms with Gasteiger partial charge in [0.2, 0.25) is 7.37 Å². The third kappa shape index (κ3) is 4.33. The first-order chi connectivity index (χ1) is 9.44. The summed E-state index contributed by atoms with van der Waals surface area (Å²) in [5.74, 6) is 0. The lowest BCUT2D eigenvalue weighted by atomic mass is 10.2. The molecule has 2 rings (SSSR count). The maximum absolute atomic E-state index is 12.1. The second-order valence-electron chi connectivity index (χ2n) is 4.58. The molecule has 0 radical (unpaired) electrons. The first-order valence-corrected chi connectivity index (χ1v) is 8.15. The van der Waals surface area contributed by atoms with Crippen LogP contribution in [0.3, 0.4) is 0 Å². The third-order valence-electron chi connectivity index (χ3n) is 2.83. The number of H-pyrrole nitrogens is 2. The van der Waals surface area contributed by atoms with Gasteiger partial charge in [-0.3, -0.25) is 14.3 Å². The Morgan fingerprint density at radius 2 is 1.80 bits per heavy atom. The van der Waals surface area contributed by atoms with Crippen molar-refractivity contribution in [3.8, 4) is 0 Å². The highest BCUT2D eigenvalue weighted by Gasteiger charge is 2.19. The molecule has 1 heterocycles. The molecular weight excluding hydrogens is 279 g/mol. The zero-order valence-corrected chi connectivity index (χ0v) is 11.6. The fourth-order valence-corrected chi connectivity index (χ4v) is 3.37. The van der Waals surface area contributed by atoms with Crippen LogP contribution in [0.5, 0.6) is 0 Å². The highest BCUT2D eigenvalue weighted by atomic mass is 31.2. The van der Waals surface area contributed by atoms with Crippen LogP contribution < -0.4 is 11.2 Å². The summed E-state index contributed by atoms with van der Waals surface area (Å²) in [4.78, 5) is 36.5. The molecule has 1 unspecified atom stereocenters. The normalized spacial score (nSPS) is 13.8. The summed E-state index contributed by atoms with van der Waals surface area (Å²) in [5.41, 5.74) is -0.0961. The number of benzene rings is 1. The van der Waals surface area contributed by atoms with Gasteiger partial charge in [-0.25, -0.2) is 4.79 Å². The maximum atomic E-state index is 12.1. The summed E-state index contributed by atoms with van der Waals surface area (Å²) in [6, 6.07) is 10.5. The van der Waals surface area contributed by atoms with Crippen molar-refractivity contribution >= 4 is 7.37 Å². The molecule has 0 amide bonds. The van der Waals surface area contributed by atoms with E-state index in [1.165, 1.54) is 0 Å². The van der Waals surface area contributed by atoms with Crippen LogP contribution in [-0.2, 0) is 17.1 Å². The average Bonchev–Trinajstić information content (AvgIpc) is 2.36. The predicted octanol–water partition coefficient (Wildman–Crippen LogP) is 1.08. The third-order valence-corrected chi connectivity index (χ3v) is 4.58. The Bertz CT molecular complexity index is 708. The molecule has 0 fully saturated rings. The lowest BCUT2D eigenvalue weighted by molar-refractivity contribution is 0.475. The lowest BCUT2D eigenvalue weighted by Crippen LogP contribution is -2.23. The molecule has 1 aromatic carbocycles. The van der Waals surface area contributed by atoms with Gasteiger partial charge in [0.25, 0.3) is 5.56 Å².